The minimum Gasteiger partial charge on any atom is -0.491 e. The van der Waals surface area contributed by atoms with Gasteiger partial charge >= 0.3 is 0 Å². The number of methoxy groups -OCH3 is 1. The van der Waals surface area contributed by atoms with E-state index in [1.165, 1.54) is 5.56 Å². The highest BCUT2D eigenvalue weighted by molar-refractivity contribution is 5.94. The Hall–Kier alpha value is -2.53. The predicted molar refractivity (Wildman–Crippen MR) is 103 cm³/mol. The third-order valence-electron chi connectivity index (χ3n) is 3.89. The molecular formula is C21H27NO4. The number of benzene rings is 2. The van der Waals surface area contributed by atoms with E-state index in [-0.39, 0.29) is 5.91 Å². The molecule has 5 nitrogen and oxygen atoms in total. The summed E-state index contributed by atoms with van der Waals surface area (Å²) in [6, 6.07) is 15.1. The summed E-state index contributed by atoms with van der Waals surface area (Å²) >= 11 is 0. The molecule has 0 aliphatic carbocycles. The van der Waals surface area contributed by atoms with Crippen molar-refractivity contribution in [2.75, 3.05) is 25.6 Å². The first-order chi connectivity index (χ1) is 12.5. The summed E-state index contributed by atoms with van der Waals surface area (Å²) in [5.41, 5.74) is 1.90. The summed E-state index contributed by atoms with van der Waals surface area (Å²) in [6.45, 7) is 6.97. The predicted octanol–water partition coefficient (Wildman–Crippen LogP) is 4.24. The molecule has 1 atom stereocenters. The van der Waals surface area contributed by atoms with Crippen LogP contribution in [-0.2, 0) is 9.53 Å². The van der Waals surface area contributed by atoms with Gasteiger partial charge in [0.25, 0.3) is 5.91 Å². The van der Waals surface area contributed by atoms with Gasteiger partial charge in [0.2, 0.25) is 0 Å². The average molecular weight is 357 g/mol. The third-order valence-corrected chi connectivity index (χ3v) is 3.89. The molecule has 5 heteroatoms. The van der Waals surface area contributed by atoms with Crippen LogP contribution in [0.15, 0.2) is 48.5 Å². The fraction of sp³-hybridized carbons (Fsp3) is 0.381. The Balaban J connectivity index is 1.91. The molecule has 1 N–H and O–H groups in total. The molecule has 1 amide bonds. The second-order valence-electron chi connectivity index (χ2n) is 6.34. The lowest BCUT2D eigenvalue weighted by Gasteiger charge is -2.16. The maximum absolute atomic E-state index is 12.4. The first-order valence-corrected chi connectivity index (χ1v) is 8.79. The second-order valence-corrected chi connectivity index (χ2v) is 6.34. The van der Waals surface area contributed by atoms with Crippen LogP contribution in [0.1, 0.15) is 32.3 Å². The van der Waals surface area contributed by atoms with Crippen LogP contribution in [0, 0.1) is 0 Å². The van der Waals surface area contributed by atoms with E-state index in [2.05, 4.69) is 19.2 Å². The van der Waals surface area contributed by atoms with Crippen molar-refractivity contribution >= 4 is 11.6 Å². The van der Waals surface area contributed by atoms with Crippen LogP contribution in [-0.4, -0.2) is 32.3 Å². The molecule has 1 unspecified atom stereocenters. The van der Waals surface area contributed by atoms with Crippen molar-refractivity contribution in [3.8, 4) is 11.5 Å². The Morgan fingerprint density at radius 3 is 2.38 bits per heavy atom. The number of carbonyl (C=O) groups excluding carboxylic acids is 1. The standard InChI is InChI=1S/C21H27NO4/c1-15(2)17-8-10-19(11-9-17)26-16(3)21(23)22-18-6-5-7-20(14-18)25-13-12-24-4/h5-11,14-16H,12-13H2,1-4H3,(H,22,23). The molecule has 2 aromatic carbocycles. The molecule has 2 rings (SSSR count). The zero-order chi connectivity index (χ0) is 18.9. The average Bonchev–Trinajstić information content (AvgIpc) is 2.62. The molecule has 0 spiro atoms. The minimum absolute atomic E-state index is 0.216. The smallest absolute Gasteiger partial charge is 0.265 e. The van der Waals surface area contributed by atoms with Gasteiger partial charge in [-0.2, -0.15) is 0 Å². The molecule has 0 fully saturated rings. The number of hydrogen-bond donors (Lipinski definition) is 1. The zero-order valence-electron chi connectivity index (χ0n) is 15.8. The maximum atomic E-state index is 12.4. The highest BCUT2D eigenvalue weighted by atomic mass is 16.5. The number of anilines is 1. The normalized spacial score (nSPS) is 11.9. The molecular weight excluding hydrogens is 330 g/mol. The Morgan fingerprint density at radius 1 is 1.00 bits per heavy atom. The van der Waals surface area contributed by atoms with Gasteiger partial charge in [0, 0.05) is 18.9 Å². The van der Waals surface area contributed by atoms with Gasteiger partial charge in [0.15, 0.2) is 6.10 Å². The van der Waals surface area contributed by atoms with Crippen LogP contribution in [0.5, 0.6) is 11.5 Å². The highest BCUT2D eigenvalue weighted by Crippen LogP contribution is 2.21. The Labute approximate surface area is 155 Å². The SMILES string of the molecule is COCCOc1cccc(NC(=O)C(C)Oc2ccc(C(C)C)cc2)c1. The van der Waals surface area contributed by atoms with E-state index in [9.17, 15) is 4.79 Å². The molecule has 0 saturated carbocycles. The fourth-order valence-electron chi connectivity index (χ4n) is 2.34. The van der Waals surface area contributed by atoms with Gasteiger partial charge in [-0.05, 0) is 42.7 Å². The van der Waals surface area contributed by atoms with E-state index < -0.39 is 6.10 Å². The molecule has 0 radical (unpaired) electrons. The summed E-state index contributed by atoms with van der Waals surface area (Å²) in [6.07, 6.45) is -0.613. The number of rotatable bonds is 9. The molecule has 26 heavy (non-hydrogen) atoms. The maximum Gasteiger partial charge on any atom is 0.265 e. The van der Waals surface area contributed by atoms with Crippen molar-refractivity contribution in [3.05, 3.63) is 54.1 Å². The lowest BCUT2D eigenvalue weighted by molar-refractivity contribution is -0.122. The van der Waals surface area contributed by atoms with Crippen molar-refractivity contribution in [2.24, 2.45) is 0 Å². The molecule has 2 aromatic rings. The summed E-state index contributed by atoms with van der Waals surface area (Å²) in [7, 11) is 1.62. The van der Waals surface area contributed by atoms with Gasteiger partial charge in [-0.3, -0.25) is 4.79 Å². The van der Waals surface area contributed by atoms with E-state index in [0.717, 1.165) is 0 Å². The van der Waals surface area contributed by atoms with Crippen LogP contribution in [0.4, 0.5) is 5.69 Å². The minimum atomic E-state index is -0.613. The van der Waals surface area contributed by atoms with Crippen LogP contribution in [0.2, 0.25) is 0 Å². The molecule has 0 aliphatic heterocycles. The van der Waals surface area contributed by atoms with Gasteiger partial charge in [-0.15, -0.1) is 0 Å². The van der Waals surface area contributed by atoms with E-state index >= 15 is 0 Å². The quantitative estimate of drug-likeness (QED) is 0.682. The number of amides is 1. The molecule has 0 aromatic heterocycles. The molecule has 140 valence electrons. The molecule has 0 saturated heterocycles. The monoisotopic (exact) mass is 357 g/mol. The lowest BCUT2D eigenvalue weighted by Crippen LogP contribution is -2.30. The van der Waals surface area contributed by atoms with E-state index in [4.69, 9.17) is 14.2 Å². The third kappa shape index (κ3) is 6.08. The topological polar surface area (TPSA) is 56.8 Å². The van der Waals surface area contributed by atoms with Crippen LogP contribution >= 0.6 is 0 Å². The van der Waals surface area contributed by atoms with Crippen molar-refractivity contribution in [1.29, 1.82) is 0 Å². The van der Waals surface area contributed by atoms with Gasteiger partial charge in [0.1, 0.15) is 18.1 Å². The van der Waals surface area contributed by atoms with Crippen LogP contribution in [0.3, 0.4) is 0 Å². The Morgan fingerprint density at radius 2 is 1.73 bits per heavy atom. The number of ether oxygens (including phenoxy) is 3. The fourth-order valence-corrected chi connectivity index (χ4v) is 2.34. The zero-order valence-corrected chi connectivity index (χ0v) is 15.8. The van der Waals surface area contributed by atoms with E-state index in [1.54, 1.807) is 20.1 Å². The summed E-state index contributed by atoms with van der Waals surface area (Å²) in [5, 5.41) is 2.85. The van der Waals surface area contributed by atoms with E-state index in [1.807, 2.05) is 42.5 Å². The largest absolute Gasteiger partial charge is 0.491 e. The molecule has 0 heterocycles. The summed E-state index contributed by atoms with van der Waals surface area (Å²) in [4.78, 5) is 12.4. The van der Waals surface area contributed by atoms with Crippen molar-refractivity contribution in [1.82, 2.24) is 0 Å². The van der Waals surface area contributed by atoms with Crippen LogP contribution < -0.4 is 14.8 Å². The first-order valence-electron chi connectivity index (χ1n) is 8.79. The second kappa shape index (κ2) is 9.82. The van der Waals surface area contributed by atoms with Gasteiger partial charge in [-0.1, -0.05) is 32.0 Å². The first kappa shape index (κ1) is 19.8. The highest BCUT2D eigenvalue weighted by Gasteiger charge is 2.15. The number of nitrogens with one attached hydrogen (secondary N) is 1. The lowest BCUT2D eigenvalue weighted by atomic mass is 10.0. The number of carbonyl (C=O) groups is 1. The summed E-state index contributed by atoms with van der Waals surface area (Å²) in [5.74, 6) is 1.60. The Kier molecular flexibility index (Phi) is 7.48. The van der Waals surface area contributed by atoms with E-state index in [0.29, 0.717) is 36.3 Å². The van der Waals surface area contributed by atoms with Gasteiger partial charge in [0.05, 0.1) is 6.61 Å². The van der Waals surface area contributed by atoms with Crippen molar-refractivity contribution in [2.45, 2.75) is 32.8 Å². The van der Waals surface area contributed by atoms with Crippen molar-refractivity contribution in [3.63, 3.8) is 0 Å². The number of hydrogen-bond acceptors (Lipinski definition) is 4. The van der Waals surface area contributed by atoms with Crippen LogP contribution in [0.25, 0.3) is 0 Å². The summed E-state index contributed by atoms with van der Waals surface area (Å²) < 4.78 is 16.2. The Bertz CT molecular complexity index is 697. The van der Waals surface area contributed by atoms with Gasteiger partial charge < -0.3 is 19.5 Å². The molecule has 0 bridgehead atoms. The molecule has 0 aliphatic rings. The van der Waals surface area contributed by atoms with Crippen molar-refractivity contribution < 1.29 is 19.0 Å². The van der Waals surface area contributed by atoms with Gasteiger partial charge in [-0.25, -0.2) is 0 Å².